The van der Waals surface area contributed by atoms with E-state index in [1.807, 2.05) is 68.6 Å². The van der Waals surface area contributed by atoms with Gasteiger partial charge in [-0.2, -0.15) is 0 Å². The number of aryl methyl sites for hydroxylation is 1. The lowest BCUT2D eigenvalue weighted by atomic mass is 10.1. The van der Waals surface area contributed by atoms with Crippen LogP contribution in [0.4, 0.5) is 0 Å². The number of benzene rings is 2. The third-order valence-corrected chi connectivity index (χ3v) is 4.43. The van der Waals surface area contributed by atoms with Crippen LogP contribution in [0.5, 0.6) is 11.5 Å². The first-order chi connectivity index (χ1) is 13.5. The van der Waals surface area contributed by atoms with Crippen LogP contribution in [-0.2, 0) is 6.54 Å². The van der Waals surface area contributed by atoms with Crippen molar-refractivity contribution in [2.45, 2.75) is 26.4 Å². The van der Waals surface area contributed by atoms with Crippen LogP contribution in [-0.4, -0.2) is 35.2 Å². The van der Waals surface area contributed by atoms with Gasteiger partial charge in [0.15, 0.2) is 0 Å². The molecule has 6 heteroatoms. The number of carbonyl (C=O) groups excluding carboxylic acids is 1. The van der Waals surface area contributed by atoms with Crippen molar-refractivity contribution in [3.05, 3.63) is 77.9 Å². The van der Waals surface area contributed by atoms with Crippen LogP contribution >= 0.6 is 0 Å². The average molecular weight is 379 g/mol. The van der Waals surface area contributed by atoms with Gasteiger partial charge < -0.3 is 19.4 Å². The molecule has 2 aromatic carbocycles. The van der Waals surface area contributed by atoms with Crippen LogP contribution in [0.3, 0.4) is 0 Å². The van der Waals surface area contributed by atoms with Gasteiger partial charge in [-0.1, -0.05) is 12.1 Å². The molecule has 0 spiro atoms. The number of hydrogen-bond acceptors (Lipinski definition) is 4. The molecular weight excluding hydrogens is 354 g/mol. The highest BCUT2D eigenvalue weighted by Crippen LogP contribution is 2.17. The summed E-state index contributed by atoms with van der Waals surface area (Å²) in [4.78, 5) is 16.7. The Hall–Kier alpha value is -3.28. The molecule has 0 unspecified atom stereocenters. The molecule has 0 radical (unpaired) electrons. The first kappa shape index (κ1) is 19.5. The second-order valence-electron chi connectivity index (χ2n) is 6.66. The predicted octanol–water partition coefficient (Wildman–Crippen LogP) is 3.45. The number of aromatic nitrogens is 2. The summed E-state index contributed by atoms with van der Waals surface area (Å²) in [6.07, 6.45) is 3.73. The lowest BCUT2D eigenvalue weighted by Crippen LogP contribution is -2.36. The molecule has 28 heavy (non-hydrogen) atoms. The van der Waals surface area contributed by atoms with Crippen molar-refractivity contribution in [2.75, 3.05) is 13.7 Å². The van der Waals surface area contributed by atoms with Crippen LogP contribution in [0, 0.1) is 6.92 Å². The van der Waals surface area contributed by atoms with Crippen molar-refractivity contribution in [3.63, 3.8) is 0 Å². The van der Waals surface area contributed by atoms with Crippen LogP contribution in [0.15, 0.2) is 60.9 Å². The topological polar surface area (TPSA) is 65.4 Å². The maximum atomic E-state index is 12.4. The molecule has 146 valence electrons. The lowest BCUT2D eigenvalue weighted by molar-refractivity contribution is 0.0926. The molecule has 1 aromatic heterocycles. The monoisotopic (exact) mass is 379 g/mol. The molecule has 0 saturated heterocycles. The summed E-state index contributed by atoms with van der Waals surface area (Å²) in [7, 11) is 1.62. The van der Waals surface area contributed by atoms with Crippen LogP contribution in [0.25, 0.3) is 0 Å². The summed E-state index contributed by atoms with van der Waals surface area (Å²) in [6, 6.07) is 14.9. The number of amides is 1. The molecule has 1 atom stereocenters. The third kappa shape index (κ3) is 5.13. The number of carbonyl (C=O) groups is 1. The second kappa shape index (κ2) is 9.08. The summed E-state index contributed by atoms with van der Waals surface area (Å²) in [5.41, 5.74) is 1.75. The summed E-state index contributed by atoms with van der Waals surface area (Å²) < 4.78 is 12.9. The Bertz CT molecular complexity index is 902. The van der Waals surface area contributed by atoms with Gasteiger partial charge in [0.1, 0.15) is 23.9 Å². The van der Waals surface area contributed by atoms with Crippen molar-refractivity contribution < 1.29 is 14.3 Å². The highest BCUT2D eigenvalue weighted by atomic mass is 16.5. The zero-order valence-corrected chi connectivity index (χ0v) is 16.4. The van der Waals surface area contributed by atoms with Crippen molar-refractivity contribution >= 4 is 5.91 Å². The number of ether oxygens (including phenoxy) is 2. The van der Waals surface area contributed by atoms with E-state index in [0.29, 0.717) is 12.2 Å². The first-order valence-electron chi connectivity index (χ1n) is 9.19. The minimum atomic E-state index is -0.122. The number of nitrogens with one attached hydrogen (secondary N) is 1. The highest BCUT2D eigenvalue weighted by molar-refractivity contribution is 5.94. The summed E-state index contributed by atoms with van der Waals surface area (Å²) in [5.74, 6) is 2.37. The largest absolute Gasteiger partial charge is 0.497 e. The SMILES string of the molecule is COc1ccc(OC[C@@H](C)NC(=O)c2ccc(Cn3ccnc3C)cc2)cc1. The van der Waals surface area contributed by atoms with Gasteiger partial charge >= 0.3 is 0 Å². The summed E-state index contributed by atoms with van der Waals surface area (Å²) in [5, 5.41) is 2.96. The van der Waals surface area contributed by atoms with Gasteiger partial charge in [-0.15, -0.1) is 0 Å². The van der Waals surface area contributed by atoms with Gasteiger partial charge in [-0.05, 0) is 55.8 Å². The smallest absolute Gasteiger partial charge is 0.251 e. The Balaban J connectivity index is 1.49. The minimum Gasteiger partial charge on any atom is -0.497 e. The number of imidazole rings is 1. The van der Waals surface area contributed by atoms with Gasteiger partial charge in [0, 0.05) is 24.5 Å². The van der Waals surface area contributed by atoms with E-state index in [-0.39, 0.29) is 11.9 Å². The quantitative estimate of drug-likeness (QED) is 0.651. The average Bonchev–Trinajstić information content (AvgIpc) is 3.11. The molecular formula is C22H25N3O3. The third-order valence-electron chi connectivity index (χ3n) is 4.43. The Labute approximate surface area is 165 Å². The van der Waals surface area contributed by atoms with E-state index in [2.05, 4.69) is 14.9 Å². The molecule has 1 amide bonds. The Morgan fingerprint density at radius 3 is 2.39 bits per heavy atom. The zero-order valence-electron chi connectivity index (χ0n) is 16.4. The molecule has 1 N–H and O–H groups in total. The van der Waals surface area contributed by atoms with Crippen LogP contribution in [0.2, 0.25) is 0 Å². The number of nitrogens with zero attached hydrogens (tertiary/aromatic N) is 2. The lowest BCUT2D eigenvalue weighted by Gasteiger charge is -2.15. The van der Waals surface area contributed by atoms with E-state index in [1.165, 1.54) is 0 Å². The van der Waals surface area contributed by atoms with Gasteiger partial charge in [-0.25, -0.2) is 4.98 Å². The molecule has 3 aromatic rings. The van der Waals surface area contributed by atoms with E-state index < -0.39 is 0 Å². The second-order valence-corrected chi connectivity index (χ2v) is 6.66. The van der Waals surface area contributed by atoms with Gasteiger partial charge in [0.2, 0.25) is 0 Å². The fourth-order valence-electron chi connectivity index (χ4n) is 2.77. The number of rotatable bonds is 8. The Morgan fingerprint density at radius 2 is 1.79 bits per heavy atom. The fourth-order valence-corrected chi connectivity index (χ4v) is 2.77. The highest BCUT2D eigenvalue weighted by Gasteiger charge is 2.11. The zero-order chi connectivity index (χ0) is 19.9. The standard InChI is InChI=1S/C22H25N3O3/c1-16(15-28-21-10-8-20(27-3)9-11-21)24-22(26)19-6-4-18(5-7-19)14-25-13-12-23-17(25)2/h4-13,16H,14-15H2,1-3H3,(H,24,26)/t16-/m1/s1. The normalized spacial score (nSPS) is 11.7. The van der Waals surface area contributed by atoms with Gasteiger partial charge in [-0.3, -0.25) is 4.79 Å². The summed E-state index contributed by atoms with van der Waals surface area (Å²) >= 11 is 0. The van der Waals surface area contributed by atoms with Crippen LogP contribution < -0.4 is 14.8 Å². The fraction of sp³-hybridized carbons (Fsp3) is 0.273. The van der Waals surface area contributed by atoms with E-state index >= 15 is 0 Å². The van der Waals surface area contributed by atoms with E-state index in [4.69, 9.17) is 9.47 Å². The van der Waals surface area contributed by atoms with Gasteiger partial charge in [0.05, 0.1) is 13.2 Å². The first-order valence-corrected chi connectivity index (χ1v) is 9.19. The van der Waals surface area contributed by atoms with Gasteiger partial charge in [0.25, 0.3) is 5.91 Å². The number of hydrogen-bond donors (Lipinski definition) is 1. The van der Waals surface area contributed by atoms with E-state index in [0.717, 1.165) is 29.4 Å². The molecule has 1 heterocycles. The number of methoxy groups -OCH3 is 1. The molecule has 0 saturated carbocycles. The minimum absolute atomic E-state index is 0.115. The molecule has 3 rings (SSSR count). The Kier molecular flexibility index (Phi) is 6.32. The van der Waals surface area contributed by atoms with E-state index in [9.17, 15) is 4.79 Å². The van der Waals surface area contributed by atoms with Crippen molar-refractivity contribution in [1.29, 1.82) is 0 Å². The molecule has 0 bridgehead atoms. The maximum Gasteiger partial charge on any atom is 0.251 e. The Morgan fingerprint density at radius 1 is 1.11 bits per heavy atom. The molecule has 0 aliphatic heterocycles. The molecule has 6 nitrogen and oxygen atoms in total. The molecule has 0 aliphatic carbocycles. The van der Waals surface area contributed by atoms with Crippen molar-refractivity contribution in [3.8, 4) is 11.5 Å². The molecule has 0 aliphatic rings. The molecule has 0 fully saturated rings. The summed E-state index contributed by atoms with van der Waals surface area (Å²) in [6.45, 7) is 5.00. The van der Waals surface area contributed by atoms with Crippen molar-refractivity contribution in [2.24, 2.45) is 0 Å². The van der Waals surface area contributed by atoms with E-state index in [1.54, 1.807) is 13.3 Å². The maximum absolute atomic E-state index is 12.4. The van der Waals surface area contributed by atoms with Crippen LogP contribution in [0.1, 0.15) is 28.7 Å². The van der Waals surface area contributed by atoms with Crippen molar-refractivity contribution in [1.82, 2.24) is 14.9 Å². The predicted molar refractivity (Wildman–Crippen MR) is 108 cm³/mol.